The number of anilines is 1. The summed E-state index contributed by atoms with van der Waals surface area (Å²) < 4.78 is 47.1. The van der Waals surface area contributed by atoms with Crippen molar-refractivity contribution in [2.45, 2.75) is 50.5 Å². The third-order valence-electron chi connectivity index (χ3n) is 6.77. The number of aromatic nitrogens is 3. The summed E-state index contributed by atoms with van der Waals surface area (Å²) in [5, 5.41) is 4.64. The molecular formula is C22H26F3N5O. The van der Waals surface area contributed by atoms with E-state index in [9.17, 15) is 13.2 Å². The van der Waals surface area contributed by atoms with Crippen LogP contribution in [-0.4, -0.2) is 52.0 Å². The minimum Gasteiger partial charge on any atom is -0.383 e. The molecule has 1 aliphatic heterocycles. The molecule has 0 bridgehead atoms. The average molecular weight is 433 g/mol. The van der Waals surface area contributed by atoms with Gasteiger partial charge in [-0.1, -0.05) is 11.6 Å². The van der Waals surface area contributed by atoms with E-state index in [4.69, 9.17) is 10.5 Å². The van der Waals surface area contributed by atoms with E-state index < -0.39 is 17.6 Å². The fraction of sp³-hybridized carbons (Fsp3) is 0.545. The predicted molar refractivity (Wildman–Crippen MR) is 110 cm³/mol. The molecule has 0 unspecified atom stereocenters. The van der Waals surface area contributed by atoms with Crippen LogP contribution in [0.1, 0.15) is 43.5 Å². The third kappa shape index (κ3) is 3.43. The van der Waals surface area contributed by atoms with Crippen molar-refractivity contribution in [2.75, 3.05) is 26.0 Å². The molecule has 9 heteroatoms. The van der Waals surface area contributed by atoms with Crippen LogP contribution < -0.4 is 5.73 Å². The minimum absolute atomic E-state index is 0.0973. The molecule has 166 valence electrons. The van der Waals surface area contributed by atoms with Crippen molar-refractivity contribution in [3.05, 3.63) is 41.2 Å². The second-order valence-electron chi connectivity index (χ2n) is 9.06. The number of pyridine rings is 1. The van der Waals surface area contributed by atoms with Gasteiger partial charge in [0.15, 0.2) is 0 Å². The SMILES string of the molecule is CC(C)n1nc(-c2cnc(N)c(C(F)(F)F)c2)cc1[C@@H]1C2=C[C@@H](N(C)C3COC3)C[C@H]21. The molecule has 5 rings (SSSR count). The number of hydrogen-bond acceptors (Lipinski definition) is 5. The van der Waals surface area contributed by atoms with Crippen LogP contribution in [0.3, 0.4) is 0 Å². The largest absolute Gasteiger partial charge is 0.419 e. The number of ether oxygens (including phenoxy) is 1. The first-order valence-electron chi connectivity index (χ1n) is 10.6. The third-order valence-corrected chi connectivity index (χ3v) is 6.77. The van der Waals surface area contributed by atoms with E-state index in [0.717, 1.165) is 31.4 Å². The van der Waals surface area contributed by atoms with Crippen LogP contribution in [-0.2, 0) is 10.9 Å². The molecule has 0 radical (unpaired) electrons. The lowest BCUT2D eigenvalue weighted by Crippen LogP contribution is -2.50. The molecule has 3 atom stereocenters. The van der Waals surface area contributed by atoms with Crippen molar-refractivity contribution in [2.24, 2.45) is 5.92 Å². The standard InChI is InChI=1S/C22H26F3N5O/c1-11(2)30-19(20-15-5-13(6-16(15)20)29(3)14-9-31-10-14)7-18(28-30)12-4-17(22(23,24)25)21(26)27-8-12/h4-5,7-8,11,13-14,16,20H,6,9-10H2,1-3H3,(H2,26,27)/t13-,16-,20-/m1/s1. The Bertz CT molecular complexity index is 1040. The molecule has 2 aromatic rings. The molecule has 2 aromatic heterocycles. The molecule has 1 saturated carbocycles. The minimum atomic E-state index is -4.55. The van der Waals surface area contributed by atoms with Gasteiger partial charge in [-0.25, -0.2) is 4.98 Å². The summed E-state index contributed by atoms with van der Waals surface area (Å²) in [6.45, 7) is 5.65. The van der Waals surface area contributed by atoms with Gasteiger partial charge in [0.2, 0.25) is 0 Å². The number of nitrogens with two attached hydrogens (primary N) is 1. The molecular weight excluding hydrogens is 407 g/mol. The second kappa shape index (κ2) is 7.06. The summed E-state index contributed by atoms with van der Waals surface area (Å²) in [7, 11) is 2.15. The Morgan fingerprint density at radius 2 is 2.00 bits per heavy atom. The second-order valence-corrected chi connectivity index (χ2v) is 9.06. The fourth-order valence-electron chi connectivity index (χ4n) is 4.82. The lowest BCUT2D eigenvalue weighted by Gasteiger charge is -2.38. The number of alkyl halides is 3. The molecule has 0 amide bonds. The van der Waals surface area contributed by atoms with E-state index in [0.29, 0.717) is 29.3 Å². The molecule has 0 spiro atoms. The van der Waals surface area contributed by atoms with E-state index in [1.807, 2.05) is 24.6 Å². The number of nitrogens with zero attached hydrogens (tertiary/aromatic N) is 4. The summed E-state index contributed by atoms with van der Waals surface area (Å²) in [5.41, 5.74) is 7.81. The van der Waals surface area contributed by atoms with Crippen molar-refractivity contribution in [1.29, 1.82) is 0 Å². The van der Waals surface area contributed by atoms with E-state index in [1.54, 1.807) is 0 Å². The van der Waals surface area contributed by atoms with Gasteiger partial charge in [0.1, 0.15) is 5.82 Å². The smallest absolute Gasteiger partial charge is 0.383 e. The molecule has 6 nitrogen and oxygen atoms in total. The van der Waals surface area contributed by atoms with Gasteiger partial charge < -0.3 is 10.5 Å². The topological polar surface area (TPSA) is 69.2 Å². The highest BCUT2D eigenvalue weighted by Crippen LogP contribution is 2.60. The molecule has 2 fully saturated rings. The summed E-state index contributed by atoms with van der Waals surface area (Å²) in [6, 6.07) is 3.97. The van der Waals surface area contributed by atoms with Crippen molar-refractivity contribution in [3.63, 3.8) is 0 Å². The first-order valence-corrected chi connectivity index (χ1v) is 10.6. The zero-order chi connectivity index (χ0) is 22.1. The monoisotopic (exact) mass is 433 g/mol. The van der Waals surface area contributed by atoms with Crippen LogP contribution in [0.2, 0.25) is 0 Å². The van der Waals surface area contributed by atoms with E-state index in [2.05, 4.69) is 28.1 Å². The Hall–Kier alpha value is -2.39. The number of likely N-dealkylation sites (N-methyl/N-ethyl adjacent to an activating group) is 1. The molecule has 2 N–H and O–H groups in total. The van der Waals surface area contributed by atoms with Crippen LogP contribution in [0, 0.1) is 5.92 Å². The van der Waals surface area contributed by atoms with Gasteiger partial charge in [0.25, 0.3) is 0 Å². The highest BCUT2D eigenvalue weighted by Gasteiger charge is 2.52. The van der Waals surface area contributed by atoms with Gasteiger partial charge in [-0.3, -0.25) is 9.58 Å². The normalized spacial score (nSPS) is 25.7. The summed E-state index contributed by atoms with van der Waals surface area (Å²) in [6.07, 6.45) is 0.228. The summed E-state index contributed by atoms with van der Waals surface area (Å²) in [4.78, 5) is 6.16. The maximum Gasteiger partial charge on any atom is 0.419 e. The molecule has 3 heterocycles. The summed E-state index contributed by atoms with van der Waals surface area (Å²) in [5.74, 6) is 0.245. The van der Waals surface area contributed by atoms with Crippen molar-refractivity contribution in [1.82, 2.24) is 19.7 Å². The molecule has 2 aliphatic carbocycles. The molecule has 31 heavy (non-hydrogen) atoms. The Balaban J connectivity index is 1.43. The number of hydrogen-bond donors (Lipinski definition) is 1. The van der Waals surface area contributed by atoms with E-state index >= 15 is 0 Å². The van der Waals surface area contributed by atoms with Gasteiger partial charge >= 0.3 is 6.18 Å². The van der Waals surface area contributed by atoms with Crippen LogP contribution in [0.25, 0.3) is 11.3 Å². The number of halogens is 3. The van der Waals surface area contributed by atoms with Crippen molar-refractivity contribution < 1.29 is 17.9 Å². The zero-order valence-corrected chi connectivity index (χ0v) is 17.7. The highest BCUT2D eigenvalue weighted by atomic mass is 19.4. The van der Waals surface area contributed by atoms with Gasteiger partial charge in [-0.05, 0) is 45.4 Å². The number of allylic oxidation sites excluding steroid dienone is 1. The van der Waals surface area contributed by atoms with Gasteiger partial charge in [0, 0.05) is 35.5 Å². The molecule has 1 saturated heterocycles. The highest BCUT2D eigenvalue weighted by molar-refractivity contribution is 5.64. The van der Waals surface area contributed by atoms with Gasteiger partial charge in [0.05, 0.1) is 30.5 Å². The fourth-order valence-corrected chi connectivity index (χ4v) is 4.82. The van der Waals surface area contributed by atoms with E-state index in [-0.39, 0.29) is 12.0 Å². The quantitative estimate of drug-likeness (QED) is 0.725. The maximum absolute atomic E-state index is 13.3. The Labute approximate surface area is 178 Å². The Morgan fingerprint density at radius 3 is 2.55 bits per heavy atom. The average Bonchev–Trinajstić information content (AvgIpc) is 3.03. The molecule has 0 aromatic carbocycles. The number of rotatable bonds is 5. The lowest BCUT2D eigenvalue weighted by molar-refractivity contribution is -0.137. The lowest BCUT2D eigenvalue weighted by atomic mass is 10.0. The Morgan fingerprint density at radius 1 is 1.26 bits per heavy atom. The first-order chi connectivity index (χ1) is 14.6. The first kappa shape index (κ1) is 20.5. The molecule has 3 aliphatic rings. The van der Waals surface area contributed by atoms with Gasteiger partial charge in [-0.2, -0.15) is 18.3 Å². The van der Waals surface area contributed by atoms with Crippen LogP contribution >= 0.6 is 0 Å². The predicted octanol–water partition coefficient (Wildman–Crippen LogP) is 3.87. The Kier molecular flexibility index (Phi) is 4.67. The van der Waals surface area contributed by atoms with E-state index in [1.165, 1.54) is 11.8 Å². The number of nitrogen functional groups attached to an aromatic ring is 1. The van der Waals surface area contributed by atoms with Gasteiger partial charge in [-0.15, -0.1) is 0 Å². The van der Waals surface area contributed by atoms with Crippen LogP contribution in [0.15, 0.2) is 30.0 Å². The van der Waals surface area contributed by atoms with Crippen LogP contribution in [0.5, 0.6) is 0 Å². The van der Waals surface area contributed by atoms with Crippen molar-refractivity contribution in [3.8, 4) is 11.3 Å². The maximum atomic E-state index is 13.3. The van der Waals surface area contributed by atoms with Crippen molar-refractivity contribution >= 4 is 5.82 Å². The summed E-state index contributed by atoms with van der Waals surface area (Å²) >= 11 is 0. The number of fused-ring (bicyclic) bond motifs is 1. The van der Waals surface area contributed by atoms with Crippen LogP contribution in [0.4, 0.5) is 19.0 Å². The zero-order valence-electron chi connectivity index (χ0n) is 17.7.